The lowest BCUT2D eigenvalue weighted by Gasteiger charge is -2.12. The Labute approximate surface area is 115 Å². The van der Waals surface area contributed by atoms with Crippen LogP contribution in [0, 0.1) is 0 Å². The summed E-state index contributed by atoms with van der Waals surface area (Å²) in [5.74, 6) is -1.10. The molecule has 0 amide bonds. The summed E-state index contributed by atoms with van der Waals surface area (Å²) in [4.78, 5) is 28.3. The van der Waals surface area contributed by atoms with Gasteiger partial charge in [-0.2, -0.15) is 5.10 Å². The number of aromatic nitrogens is 3. The third-order valence-electron chi connectivity index (χ3n) is 2.75. The van der Waals surface area contributed by atoms with E-state index in [4.69, 9.17) is 5.11 Å². The van der Waals surface area contributed by atoms with E-state index in [0.717, 1.165) is 0 Å². The smallest absolute Gasteiger partial charge is 0.354 e. The van der Waals surface area contributed by atoms with Gasteiger partial charge in [0.05, 0.1) is 18.4 Å². The molecule has 0 aromatic carbocycles. The minimum absolute atomic E-state index is 0.0551. The molecule has 0 unspecified atom stereocenters. The SMILES string of the molecule is CN(C)c1cnn(Cc2ccnc(C(=O)O)c2)c(=O)c1. The van der Waals surface area contributed by atoms with Crippen molar-refractivity contribution < 1.29 is 9.90 Å². The number of rotatable bonds is 4. The van der Waals surface area contributed by atoms with Crippen LogP contribution in [0.3, 0.4) is 0 Å². The highest BCUT2D eigenvalue weighted by Gasteiger charge is 2.07. The Morgan fingerprint density at radius 2 is 2.15 bits per heavy atom. The van der Waals surface area contributed by atoms with Crippen LogP contribution in [0.4, 0.5) is 5.69 Å². The number of anilines is 1. The zero-order valence-corrected chi connectivity index (χ0v) is 11.1. The van der Waals surface area contributed by atoms with Crippen molar-refractivity contribution in [3.63, 3.8) is 0 Å². The summed E-state index contributed by atoms with van der Waals surface area (Å²) in [6.45, 7) is 0.204. The molecule has 0 aliphatic heterocycles. The molecule has 0 saturated heterocycles. The topological polar surface area (TPSA) is 88.3 Å². The van der Waals surface area contributed by atoms with Gasteiger partial charge in [0.15, 0.2) is 0 Å². The van der Waals surface area contributed by atoms with E-state index in [1.165, 1.54) is 23.0 Å². The number of hydrogen-bond donors (Lipinski definition) is 1. The highest BCUT2D eigenvalue weighted by Crippen LogP contribution is 2.06. The van der Waals surface area contributed by atoms with Gasteiger partial charge in [0.2, 0.25) is 0 Å². The van der Waals surface area contributed by atoms with Gasteiger partial charge in [-0.1, -0.05) is 0 Å². The molecular weight excluding hydrogens is 260 g/mol. The van der Waals surface area contributed by atoms with E-state index in [9.17, 15) is 9.59 Å². The number of pyridine rings is 1. The number of carbonyl (C=O) groups is 1. The lowest BCUT2D eigenvalue weighted by atomic mass is 10.2. The molecule has 0 atom stereocenters. The molecule has 0 bridgehead atoms. The summed E-state index contributed by atoms with van der Waals surface area (Å²) in [7, 11) is 3.64. The molecule has 2 rings (SSSR count). The lowest BCUT2D eigenvalue weighted by Crippen LogP contribution is -2.24. The molecule has 0 aliphatic carbocycles. The molecule has 0 aliphatic rings. The van der Waals surface area contributed by atoms with Gasteiger partial charge in [-0.3, -0.25) is 4.79 Å². The Bertz CT molecular complexity index is 694. The molecule has 1 N–H and O–H groups in total. The first kappa shape index (κ1) is 13.7. The average molecular weight is 274 g/mol. The molecule has 2 aromatic heterocycles. The number of carboxylic acid groups (broad SMARTS) is 1. The maximum atomic E-state index is 11.9. The van der Waals surface area contributed by atoms with Gasteiger partial charge in [0, 0.05) is 26.4 Å². The van der Waals surface area contributed by atoms with Crippen molar-refractivity contribution in [3.05, 3.63) is 52.2 Å². The van der Waals surface area contributed by atoms with Crippen LogP contribution in [-0.4, -0.2) is 39.9 Å². The number of aromatic carboxylic acids is 1. The molecule has 0 radical (unpaired) electrons. The number of hydrogen-bond acceptors (Lipinski definition) is 5. The Balaban J connectivity index is 2.28. The second-order valence-electron chi connectivity index (χ2n) is 4.46. The first-order valence-corrected chi connectivity index (χ1v) is 5.90. The third-order valence-corrected chi connectivity index (χ3v) is 2.75. The van der Waals surface area contributed by atoms with Gasteiger partial charge in [-0.15, -0.1) is 0 Å². The van der Waals surface area contributed by atoms with Gasteiger partial charge in [-0.05, 0) is 17.7 Å². The van der Waals surface area contributed by atoms with E-state index in [-0.39, 0.29) is 17.8 Å². The molecular formula is C13H14N4O3. The van der Waals surface area contributed by atoms with Crippen LogP contribution in [0.25, 0.3) is 0 Å². The van der Waals surface area contributed by atoms with Crippen molar-refractivity contribution >= 4 is 11.7 Å². The van der Waals surface area contributed by atoms with E-state index in [0.29, 0.717) is 11.3 Å². The summed E-state index contributed by atoms with van der Waals surface area (Å²) < 4.78 is 1.27. The summed E-state index contributed by atoms with van der Waals surface area (Å²) in [5, 5.41) is 12.9. The van der Waals surface area contributed by atoms with E-state index < -0.39 is 5.97 Å². The van der Waals surface area contributed by atoms with Gasteiger partial charge >= 0.3 is 5.97 Å². The van der Waals surface area contributed by atoms with Crippen LogP contribution in [0.15, 0.2) is 35.4 Å². The van der Waals surface area contributed by atoms with Crippen LogP contribution in [0.2, 0.25) is 0 Å². The van der Waals surface area contributed by atoms with E-state index in [1.54, 1.807) is 17.2 Å². The Hall–Kier alpha value is -2.70. The fourth-order valence-electron chi connectivity index (χ4n) is 1.65. The molecule has 20 heavy (non-hydrogen) atoms. The fourth-order valence-corrected chi connectivity index (χ4v) is 1.65. The standard InChI is InChI=1S/C13H14N4O3/c1-16(2)10-6-12(18)17(15-7-10)8-9-3-4-14-11(5-9)13(19)20/h3-7H,8H2,1-2H3,(H,19,20). The van der Waals surface area contributed by atoms with Crippen molar-refractivity contribution in [2.45, 2.75) is 6.54 Å². The predicted octanol–water partition coefficient (Wildman–Crippen LogP) is 0.451. The Kier molecular flexibility index (Phi) is 3.79. The molecule has 2 heterocycles. The van der Waals surface area contributed by atoms with E-state index in [1.807, 2.05) is 14.1 Å². The minimum Gasteiger partial charge on any atom is -0.477 e. The van der Waals surface area contributed by atoms with Gasteiger partial charge in [0.1, 0.15) is 5.69 Å². The quantitative estimate of drug-likeness (QED) is 0.871. The summed E-state index contributed by atoms with van der Waals surface area (Å²) in [5.41, 5.74) is 1.07. The molecule has 104 valence electrons. The third kappa shape index (κ3) is 3.00. The van der Waals surface area contributed by atoms with Crippen LogP contribution in [0.1, 0.15) is 16.1 Å². The van der Waals surface area contributed by atoms with Crippen molar-refractivity contribution in [1.29, 1.82) is 0 Å². The molecule has 0 saturated carbocycles. The molecule has 7 heteroatoms. The Morgan fingerprint density at radius 3 is 2.75 bits per heavy atom. The molecule has 0 spiro atoms. The zero-order valence-electron chi connectivity index (χ0n) is 11.1. The first-order valence-electron chi connectivity index (χ1n) is 5.90. The fraction of sp³-hybridized carbons (Fsp3) is 0.231. The summed E-state index contributed by atoms with van der Waals surface area (Å²) >= 11 is 0. The maximum Gasteiger partial charge on any atom is 0.354 e. The predicted molar refractivity (Wildman–Crippen MR) is 73.1 cm³/mol. The second kappa shape index (κ2) is 5.52. The molecule has 0 fully saturated rings. The normalized spacial score (nSPS) is 10.3. The average Bonchev–Trinajstić information content (AvgIpc) is 2.41. The van der Waals surface area contributed by atoms with Gasteiger partial charge in [-0.25, -0.2) is 14.5 Å². The van der Waals surface area contributed by atoms with Gasteiger partial charge < -0.3 is 10.0 Å². The summed E-state index contributed by atoms with van der Waals surface area (Å²) in [6, 6.07) is 4.56. The second-order valence-corrected chi connectivity index (χ2v) is 4.46. The van der Waals surface area contributed by atoms with Crippen molar-refractivity contribution in [1.82, 2.24) is 14.8 Å². The Morgan fingerprint density at radius 1 is 1.40 bits per heavy atom. The van der Waals surface area contributed by atoms with Gasteiger partial charge in [0.25, 0.3) is 5.56 Å². The maximum absolute atomic E-state index is 11.9. The van der Waals surface area contributed by atoms with E-state index >= 15 is 0 Å². The lowest BCUT2D eigenvalue weighted by molar-refractivity contribution is 0.0690. The molecule has 2 aromatic rings. The van der Waals surface area contributed by atoms with Crippen LogP contribution >= 0.6 is 0 Å². The van der Waals surface area contributed by atoms with E-state index in [2.05, 4.69) is 10.1 Å². The van der Waals surface area contributed by atoms with Crippen LogP contribution in [0.5, 0.6) is 0 Å². The monoisotopic (exact) mass is 274 g/mol. The zero-order chi connectivity index (χ0) is 14.7. The molecule has 7 nitrogen and oxygen atoms in total. The van der Waals surface area contributed by atoms with Crippen LogP contribution < -0.4 is 10.5 Å². The first-order chi connectivity index (χ1) is 9.47. The van der Waals surface area contributed by atoms with Crippen molar-refractivity contribution in [2.24, 2.45) is 0 Å². The largest absolute Gasteiger partial charge is 0.477 e. The van der Waals surface area contributed by atoms with Crippen LogP contribution in [-0.2, 0) is 6.54 Å². The highest BCUT2D eigenvalue weighted by atomic mass is 16.4. The number of nitrogens with zero attached hydrogens (tertiary/aromatic N) is 4. The summed E-state index contributed by atoms with van der Waals surface area (Å²) in [6.07, 6.45) is 2.98. The van der Waals surface area contributed by atoms with Crippen molar-refractivity contribution in [2.75, 3.05) is 19.0 Å². The highest BCUT2D eigenvalue weighted by molar-refractivity contribution is 5.85. The minimum atomic E-state index is -1.10. The number of carboxylic acids is 1. The van der Waals surface area contributed by atoms with Crippen molar-refractivity contribution in [3.8, 4) is 0 Å².